The lowest BCUT2D eigenvalue weighted by atomic mass is 9.97. The molecule has 0 spiro atoms. The number of aliphatic imine (C=N–C) groups is 1. The summed E-state index contributed by atoms with van der Waals surface area (Å²) in [6.07, 6.45) is 1.80. The molecule has 0 saturated heterocycles. The summed E-state index contributed by atoms with van der Waals surface area (Å²) in [5.74, 6) is -1.45. The molecule has 4 aromatic rings. The molecular formula is C28H24FN3O2. The van der Waals surface area contributed by atoms with Gasteiger partial charge in [-0.2, -0.15) is 0 Å². The number of fused-ring (bicyclic) bond motifs is 1. The number of anilines is 1. The van der Waals surface area contributed by atoms with Crippen LogP contribution in [0, 0.1) is 5.82 Å². The van der Waals surface area contributed by atoms with E-state index in [1.54, 1.807) is 12.1 Å². The summed E-state index contributed by atoms with van der Waals surface area (Å²) >= 11 is 0. The van der Waals surface area contributed by atoms with Crippen LogP contribution in [-0.4, -0.2) is 28.8 Å². The van der Waals surface area contributed by atoms with Gasteiger partial charge in [0, 0.05) is 16.5 Å². The molecule has 1 heterocycles. The molecular weight excluding hydrogens is 429 g/mol. The van der Waals surface area contributed by atoms with Gasteiger partial charge in [-0.3, -0.25) is 9.79 Å². The number of carboxylic acids is 1. The molecule has 0 saturated carbocycles. The number of aliphatic carboxylic acids is 1. The number of halogens is 1. The number of pyridine rings is 1. The Morgan fingerprint density at radius 2 is 1.71 bits per heavy atom. The Bertz CT molecular complexity index is 1380. The van der Waals surface area contributed by atoms with Crippen LogP contribution in [0.15, 0.2) is 78.3 Å². The van der Waals surface area contributed by atoms with Crippen molar-refractivity contribution in [3.05, 3.63) is 90.3 Å². The number of aromatic nitrogens is 1. The highest BCUT2D eigenvalue weighted by atomic mass is 19.1. The Labute approximate surface area is 197 Å². The topological polar surface area (TPSA) is 74.6 Å². The summed E-state index contributed by atoms with van der Waals surface area (Å²) in [7, 11) is 0. The largest absolute Gasteiger partial charge is 0.480 e. The molecule has 3 aromatic carbocycles. The molecule has 1 atom stereocenters. The highest BCUT2D eigenvalue weighted by molar-refractivity contribution is 5.98. The van der Waals surface area contributed by atoms with Crippen molar-refractivity contribution in [2.24, 2.45) is 4.99 Å². The second-order valence-corrected chi connectivity index (χ2v) is 7.96. The third kappa shape index (κ3) is 4.57. The van der Waals surface area contributed by atoms with Gasteiger partial charge in [0.15, 0.2) is 0 Å². The van der Waals surface area contributed by atoms with Crippen LogP contribution in [0.4, 0.5) is 10.1 Å². The van der Waals surface area contributed by atoms with Crippen molar-refractivity contribution in [2.75, 3.05) is 5.32 Å². The molecule has 0 amide bonds. The van der Waals surface area contributed by atoms with Crippen molar-refractivity contribution in [3.63, 3.8) is 0 Å². The van der Waals surface area contributed by atoms with Gasteiger partial charge in [-0.25, -0.2) is 9.37 Å². The lowest BCUT2D eigenvalue weighted by Gasteiger charge is -2.20. The fourth-order valence-electron chi connectivity index (χ4n) is 3.85. The predicted molar refractivity (Wildman–Crippen MR) is 137 cm³/mol. The highest BCUT2D eigenvalue weighted by Gasteiger charge is 2.20. The van der Waals surface area contributed by atoms with Gasteiger partial charge >= 0.3 is 5.97 Å². The highest BCUT2D eigenvalue weighted by Crippen LogP contribution is 2.36. The van der Waals surface area contributed by atoms with E-state index < -0.39 is 17.8 Å². The predicted octanol–water partition coefficient (Wildman–Crippen LogP) is 6.44. The Morgan fingerprint density at radius 3 is 2.29 bits per heavy atom. The first kappa shape index (κ1) is 22.9. The molecule has 6 heteroatoms. The first-order chi connectivity index (χ1) is 16.4. The molecule has 2 N–H and O–H groups in total. The van der Waals surface area contributed by atoms with Crippen molar-refractivity contribution in [1.82, 2.24) is 4.98 Å². The first-order valence-corrected chi connectivity index (χ1v) is 10.8. The minimum atomic E-state index is -1.02. The number of benzene rings is 3. The molecule has 0 bridgehead atoms. The molecule has 0 radical (unpaired) electrons. The molecule has 4 rings (SSSR count). The SMILES string of the molecule is C=Cc1ccc(-c2ccc(-c3nc4ccc(F)cc4c(NC(C)C(=O)O)c3CN=C)cc2)cc1. The molecule has 0 fully saturated rings. The van der Waals surface area contributed by atoms with E-state index in [0.717, 1.165) is 22.3 Å². The van der Waals surface area contributed by atoms with E-state index >= 15 is 0 Å². The second kappa shape index (κ2) is 9.67. The lowest BCUT2D eigenvalue weighted by Crippen LogP contribution is -2.26. The quantitative estimate of drug-likeness (QED) is 0.301. The molecule has 5 nitrogen and oxygen atoms in total. The second-order valence-electron chi connectivity index (χ2n) is 7.96. The van der Waals surface area contributed by atoms with E-state index in [2.05, 4.69) is 23.6 Å². The number of hydrogen-bond acceptors (Lipinski definition) is 4. The van der Waals surface area contributed by atoms with Crippen molar-refractivity contribution >= 4 is 35.4 Å². The van der Waals surface area contributed by atoms with Crippen LogP contribution >= 0.6 is 0 Å². The molecule has 0 aliphatic carbocycles. The van der Waals surface area contributed by atoms with Gasteiger partial charge in [0.1, 0.15) is 11.9 Å². The van der Waals surface area contributed by atoms with Gasteiger partial charge in [-0.15, -0.1) is 0 Å². The number of rotatable bonds is 8. The maximum atomic E-state index is 14.1. The van der Waals surface area contributed by atoms with Crippen LogP contribution in [0.5, 0.6) is 0 Å². The summed E-state index contributed by atoms with van der Waals surface area (Å²) in [5.41, 5.74) is 6.34. The van der Waals surface area contributed by atoms with Crippen molar-refractivity contribution in [1.29, 1.82) is 0 Å². The number of hydrogen-bond donors (Lipinski definition) is 2. The minimum absolute atomic E-state index is 0.189. The van der Waals surface area contributed by atoms with Gasteiger partial charge in [0.05, 0.1) is 23.4 Å². The molecule has 0 aliphatic heterocycles. The van der Waals surface area contributed by atoms with E-state index in [9.17, 15) is 14.3 Å². The van der Waals surface area contributed by atoms with Crippen LogP contribution < -0.4 is 5.32 Å². The summed E-state index contributed by atoms with van der Waals surface area (Å²) in [6.45, 7) is 9.12. The average molecular weight is 454 g/mol. The first-order valence-electron chi connectivity index (χ1n) is 10.8. The molecule has 170 valence electrons. The van der Waals surface area contributed by atoms with Crippen LogP contribution in [0.2, 0.25) is 0 Å². The van der Waals surface area contributed by atoms with Gasteiger partial charge < -0.3 is 10.4 Å². The van der Waals surface area contributed by atoms with Gasteiger partial charge in [-0.05, 0) is 48.5 Å². The number of carboxylic acid groups (broad SMARTS) is 1. The average Bonchev–Trinajstić information content (AvgIpc) is 2.85. The Kier molecular flexibility index (Phi) is 6.50. The zero-order valence-electron chi connectivity index (χ0n) is 18.8. The van der Waals surface area contributed by atoms with Crippen molar-refractivity contribution in [2.45, 2.75) is 19.5 Å². The lowest BCUT2D eigenvalue weighted by molar-refractivity contribution is -0.137. The van der Waals surface area contributed by atoms with E-state index in [4.69, 9.17) is 4.98 Å². The third-order valence-electron chi connectivity index (χ3n) is 5.69. The maximum absolute atomic E-state index is 14.1. The summed E-state index contributed by atoms with van der Waals surface area (Å²) < 4.78 is 14.1. The molecule has 1 aromatic heterocycles. The number of carbonyl (C=O) groups is 1. The minimum Gasteiger partial charge on any atom is -0.480 e. The van der Waals surface area contributed by atoms with Gasteiger partial charge in [-0.1, -0.05) is 61.2 Å². The summed E-state index contributed by atoms with van der Waals surface area (Å²) in [6, 6.07) is 19.4. The Balaban J connectivity index is 1.86. The van der Waals surface area contributed by atoms with E-state index in [0.29, 0.717) is 27.8 Å². The van der Waals surface area contributed by atoms with Gasteiger partial charge in [0.25, 0.3) is 0 Å². The van der Waals surface area contributed by atoms with Crippen molar-refractivity contribution in [3.8, 4) is 22.4 Å². The Hall–Kier alpha value is -4.32. The standard InChI is InChI=1S/C28H24FN3O2/c1-4-18-5-7-19(8-6-18)20-9-11-21(12-10-20)26-24(16-30-3)27(31-17(2)28(33)34)23-15-22(29)13-14-25(23)32-26/h4-15,17H,1,3,16H2,2H3,(H,31,32)(H,33,34). The van der Waals surface area contributed by atoms with Crippen LogP contribution in [-0.2, 0) is 11.3 Å². The summed E-state index contributed by atoms with van der Waals surface area (Å²) in [4.78, 5) is 20.4. The molecule has 1 unspecified atom stereocenters. The van der Waals surface area contributed by atoms with E-state index in [1.807, 2.05) is 48.5 Å². The van der Waals surface area contributed by atoms with Crippen LogP contribution in [0.1, 0.15) is 18.1 Å². The van der Waals surface area contributed by atoms with Crippen LogP contribution in [0.3, 0.4) is 0 Å². The smallest absolute Gasteiger partial charge is 0.325 e. The van der Waals surface area contributed by atoms with E-state index in [1.165, 1.54) is 19.1 Å². The maximum Gasteiger partial charge on any atom is 0.325 e. The summed E-state index contributed by atoms with van der Waals surface area (Å²) in [5, 5.41) is 13.0. The zero-order valence-corrected chi connectivity index (χ0v) is 18.8. The molecule has 34 heavy (non-hydrogen) atoms. The van der Waals surface area contributed by atoms with Gasteiger partial charge in [0.2, 0.25) is 0 Å². The normalized spacial score (nSPS) is 11.7. The monoisotopic (exact) mass is 453 g/mol. The van der Waals surface area contributed by atoms with Crippen molar-refractivity contribution < 1.29 is 14.3 Å². The zero-order chi connectivity index (χ0) is 24.2. The number of nitrogens with zero attached hydrogens (tertiary/aromatic N) is 2. The van der Waals surface area contributed by atoms with Crippen LogP contribution in [0.25, 0.3) is 39.4 Å². The fraction of sp³-hybridized carbons (Fsp3) is 0.107. The fourth-order valence-corrected chi connectivity index (χ4v) is 3.85. The third-order valence-corrected chi connectivity index (χ3v) is 5.69. The molecule has 0 aliphatic rings. The Morgan fingerprint density at radius 1 is 1.09 bits per heavy atom. The van der Waals surface area contributed by atoms with E-state index in [-0.39, 0.29) is 6.54 Å². The number of nitrogens with one attached hydrogen (secondary N) is 1.